The molecule has 0 spiro atoms. The van der Waals surface area contributed by atoms with E-state index in [9.17, 15) is 0 Å². The van der Waals surface area contributed by atoms with Crippen LogP contribution in [0.3, 0.4) is 0 Å². The number of aromatic nitrogens is 1. The van der Waals surface area contributed by atoms with E-state index in [0.29, 0.717) is 6.04 Å². The van der Waals surface area contributed by atoms with Crippen LogP contribution in [-0.4, -0.2) is 36.1 Å². The summed E-state index contributed by atoms with van der Waals surface area (Å²) in [4.78, 5) is 6.87. The van der Waals surface area contributed by atoms with Crippen molar-refractivity contribution in [1.82, 2.24) is 9.88 Å². The summed E-state index contributed by atoms with van der Waals surface area (Å²) >= 11 is 0. The maximum absolute atomic E-state index is 4.49. The minimum Gasteiger partial charge on any atom is -0.380 e. The third-order valence-electron chi connectivity index (χ3n) is 3.59. The zero-order valence-electron chi connectivity index (χ0n) is 10.8. The van der Waals surface area contributed by atoms with Gasteiger partial charge in [0.15, 0.2) is 0 Å². The highest BCUT2D eigenvalue weighted by Crippen LogP contribution is 2.19. The van der Waals surface area contributed by atoms with Crippen molar-refractivity contribution in [1.29, 1.82) is 0 Å². The van der Waals surface area contributed by atoms with Crippen LogP contribution in [-0.2, 0) is 0 Å². The molecule has 0 bridgehead atoms. The molecule has 18 heavy (non-hydrogen) atoms. The first kappa shape index (κ1) is 11.5. The van der Waals surface area contributed by atoms with Crippen LogP contribution < -0.4 is 5.32 Å². The zero-order valence-corrected chi connectivity index (χ0v) is 10.8. The topological polar surface area (TPSA) is 28.2 Å². The number of anilines is 1. The molecule has 0 saturated carbocycles. The molecule has 1 saturated heterocycles. The molecule has 1 aliphatic heterocycles. The lowest BCUT2D eigenvalue weighted by Crippen LogP contribution is -2.39. The first-order chi connectivity index (χ1) is 8.81. The van der Waals surface area contributed by atoms with Crippen LogP contribution in [0.1, 0.15) is 12.8 Å². The molecule has 1 atom stereocenters. The van der Waals surface area contributed by atoms with Gasteiger partial charge in [-0.05, 0) is 38.6 Å². The molecule has 1 N–H and O–H groups in total. The van der Waals surface area contributed by atoms with Gasteiger partial charge in [-0.3, -0.25) is 4.98 Å². The second-order valence-corrected chi connectivity index (χ2v) is 5.16. The summed E-state index contributed by atoms with van der Waals surface area (Å²) in [6, 6.07) is 11.0. The van der Waals surface area contributed by atoms with Crippen LogP contribution in [0.4, 0.5) is 5.69 Å². The Hall–Kier alpha value is -1.61. The predicted molar refractivity (Wildman–Crippen MR) is 75.9 cm³/mol. The molecule has 2 heterocycles. The molecule has 0 radical (unpaired) electrons. The second-order valence-electron chi connectivity index (χ2n) is 5.16. The number of para-hydroxylation sites is 1. The third kappa shape index (κ3) is 2.46. The van der Waals surface area contributed by atoms with E-state index in [2.05, 4.69) is 40.4 Å². The molecule has 1 unspecified atom stereocenters. The van der Waals surface area contributed by atoms with E-state index in [1.807, 2.05) is 18.3 Å². The largest absolute Gasteiger partial charge is 0.380 e. The van der Waals surface area contributed by atoms with Gasteiger partial charge < -0.3 is 10.2 Å². The fraction of sp³-hybridized carbons (Fsp3) is 0.400. The third-order valence-corrected chi connectivity index (χ3v) is 3.59. The number of benzene rings is 1. The molecule has 2 aromatic rings. The number of pyridine rings is 1. The lowest BCUT2D eigenvalue weighted by atomic mass is 10.1. The Kier molecular flexibility index (Phi) is 3.15. The smallest absolute Gasteiger partial charge is 0.0703 e. The minimum absolute atomic E-state index is 0.548. The molecular weight excluding hydrogens is 222 g/mol. The fourth-order valence-electron chi connectivity index (χ4n) is 2.67. The van der Waals surface area contributed by atoms with E-state index >= 15 is 0 Å². The molecule has 1 aromatic carbocycles. The fourth-order valence-corrected chi connectivity index (χ4v) is 2.67. The Bertz CT molecular complexity index is 538. The summed E-state index contributed by atoms with van der Waals surface area (Å²) in [5.41, 5.74) is 2.19. The van der Waals surface area contributed by atoms with Crippen molar-refractivity contribution in [2.75, 3.05) is 25.5 Å². The summed E-state index contributed by atoms with van der Waals surface area (Å²) in [6.45, 7) is 2.33. The van der Waals surface area contributed by atoms with Gasteiger partial charge in [0.1, 0.15) is 0 Å². The van der Waals surface area contributed by atoms with Crippen molar-refractivity contribution in [3.8, 4) is 0 Å². The Morgan fingerprint density at radius 3 is 3.11 bits per heavy atom. The number of hydrogen-bond donors (Lipinski definition) is 1. The van der Waals surface area contributed by atoms with Crippen LogP contribution >= 0.6 is 0 Å². The maximum Gasteiger partial charge on any atom is 0.0703 e. The minimum atomic E-state index is 0.548. The van der Waals surface area contributed by atoms with Gasteiger partial charge in [0.25, 0.3) is 0 Å². The lowest BCUT2D eigenvalue weighted by molar-refractivity contribution is 0.261. The van der Waals surface area contributed by atoms with Gasteiger partial charge in [-0.25, -0.2) is 0 Å². The molecule has 3 nitrogen and oxygen atoms in total. The molecule has 1 fully saturated rings. The van der Waals surface area contributed by atoms with Gasteiger partial charge in [-0.2, -0.15) is 0 Å². The molecular formula is C15H19N3. The van der Waals surface area contributed by atoms with Crippen molar-refractivity contribution >= 4 is 16.6 Å². The Balaban J connectivity index is 1.78. The monoisotopic (exact) mass is 241 g/mol. The molecule has 0 amide bonds. The molecule has 94 valence electrons. The van der Waals surface area contributed by atoms with E-state index < -0.39 is 0 Å². The van der Waals surface area contributed by atoms with Crippen molar-refractivity contribution < 1.29 is 0 Å². The molecule has 3 heteroatoms. The number of piperidine rings is 1. The lowest BCUT2D eigenvalue weighted by Gasteiger charge is -2.30. The number of likely N-dealkylation sites (tertiary alicyclic amines) is 1. The summed E-state index contributed by atoms with van der Waals surface area (Å²) in [7, 11) is 2.19. The van der Waals surface area contributed by atoms with Crippen LogP contribution in [0.15, 0.2) is 36.5 Å². The predicted octanol–water partition coefficient (Wildman–Crippen LogP) is 2.74. The molecule has 0 aliphatic carbocycles. The van der Waals surface area contributed by atoms with Gasteiger partial charge in [0, 0.05) is 18.0 Å². The van der Waals surface area contributed by atoms with E-state index in [1.165, 1.54) is 24.8 Å². The van der Waals surface area contributed by atoms with E-state index in [-0.39, 0.29) is 0 Å². The van der Waals surface area contributed by atoms with Gasteiger partial charge in [-0.15, -0.1) is 0 Å². The van der Waals surface area contributed by atoms with Gasteiger partial charge in [-0.1, -0.05) is 18.2 Å². The van der Waals surface area contributed by atoms with Gasteiger partial charge >= 0.3 is 0 Å². The standard InChI is InChI=1S/C15H19N3/c1-18-8-4-6-13(11-18)17-14-9-12-5-2-3-7-15(12)16-10-14/h2-3,5,7,9-10,13,17H,4,6,8,11H2,1H3. The highest BCUT2D eigenvalue weighted by molar-refractivity contribution is 5.81. The average Bonchev–Trinajstić information content (AvgIpc) is 2.39. The van der Waals surface area contributed by atoms with Crippen molar-refractivity contribution in [2.24, 2.45) is 0 Å². The summed E-state index contributed by atoms with van der Waals surface area (Å²) < 4.78 is 0. The quantitative estimate of drug-likeness (QED) is 0.876. The molecule has 1 aliphatic rings. The first-order valence-electron chi connectivity index (χ1n) is 6.61. The van der Waals surface area contributed by atoms with E-state index in [0.717, 1.165) is 17.7 Å². The van der Waals surface area contributed by atoms with Gasteiger partial charge in [0.05, 0.1) is 17.4 Å². The Morgan fingerprint density at radius 2 is 2.22 bits per heavy atom. The van der Waals surface area contributed by atoms with Crippen LogP contribution in [0.2, 0.25) is 0 Å². The highest BCUT2D eigenvalue weighted by Gasteiger charge is 2.16. The number of hydrogen-bond acceptors (Lipinski definition) is 3. The second kappa shape index (κ2) is 4.94. The summed E-state index contributed by atoms with van der Waals surface area (Å²) in [5.74, 6) is 0. The molecule has 3 rings (SSSR count). The van der Waals surface area contributed by atoms with Crippen molar-refractivity contribution in [2.45, 2.75) is 18.9 Å². The number of likely N-dealkylation sites (N-methyl/N-ethyl adjacent to an activating group) is 1. The molecule has 1 aromatic heterocycles. The van der Waals surface area contributed by atoms with Crippen LogP contribution in [0.25, 0.3) is 10.9 Å². The Labute approximate surface area is 108 Å². The SMILES string of the molecule is CN1CCCC(Nc2cnc3ccccc3c2)C1. The average molecular weight is 241 g/mol. The number of fused-ring (bicyclic) bond motifs is 1. The number of rotatable bonds is 2. The first-order valence-corrected chi connectivity index (χ1v) is 6.61. The highest BCUT2D eigenvalue weighted by atomic mass is 15.1. The van der Waals surface area contributed by atoms with Crippen LogP contribution in [0.5, 0.6) is 0 Å². The summed E-state index contributed by atoms with van der Waals surface area (Å²) in [5, 5.41) is 4.80. The van der Waals surface area contributed by atoms with E-state index in [4.69, 9.17) is 0 Å². The maximum atomic E-state index is 4.49. The van der Waals surface area contributed by atoms with Crippen molar-refractivity contribution in [3.63, 3.8) is 0 Å². The normalized spacial score (nSPS) is 21.1. The number of nitrogens with zero attached hydrogens (tertiary/aromatic N) is 2. The van der Waals surface area contributed by atoms with E-state index in [1.54, 1.807) is 0 Å². The Morgan fingerprint density at radius 1 is 1.33 bits per heavy atom. The van der Waals surface area contributed by atoms with Crippen LogP contribution in [0, 0.1) is 0 Å². The van der Waals surface area contributed by atoms with Crippen molar-refractivity contribution in [3.05, 3.63) is 36.5 Å². The zero-order chi connectivity index (χ0) is 12.4. The number of nitrogens with one attached hydrogen (secondary N) is 1. The summed E-state index contributed by atoms with van der Waals surface area (Å²) in [6.07, 6.45) is 4.46. The van der Waals surface area contributed by atoms with Gasteiger partial charge in [0.2, 0.25) is 0 Å².